The SMILES string of the molecule is Cc1cc(Nc2nc(Cl)nc(Cl)n2)ccc1N. The number of anilines is 3. The molecule has 0 bridgehead atoms. The van der Waals surface area contributed by atoms with Gasteiger partial charge in [-0.2, -0.15) is 15.0 Å². The second kappa shape index (κ2) is 4.73. The zero-order valence-electron chi connectivity index (χ0n) is 8.91. The molecule has 0 atom stereocenters. The van der Waals surface area contributed by atoms with Crippen molar-refractivity contribution in [3.63, 3.8) is 0 Å². The maximum absolute atomic E-state index is 5.72. The highest BCUT2D eigenvalue weighted by Crippen LogP contribution is 2.20. The molecule has 2 rings (SSSR count). The number of aromatic nitrogens is 3. The first-order valence-corrected chi connectivity index (χ1v) is 5.50. The Morgan fingerprint density at radius 2 is 1.76 bits per heavy atom. The van der Waals surface area contributed by atoms with Crippen LogP contribution in [0.25, 0.3) is 0 Å². The van der Waals surface area contributed by atoms with Crippen LogP contribution in [0.2, 0.25) is 10.6 Å². The molecule has 1 heterocycles. The van der Waals surface area contributed by atoms with Gasteiger partial charge in [0.2, 0.25) is 16.5 Å². The van der Waals surface area contributed by atoms with Gasteiger partial charge in [-0.1, -0.05) is 0 Å². The fraction of sp³-hybridized carbons (Fsp3) is 0.100. The summed E-state index contributed by atoms with van der Waals surface area (Å²) in [5, 5.41) is 3.05. The first-order valence-electron chi connectivity index (χ1n) is 4.75. The summed E-state index contributed by atoms with van der Waals surface area (Å²) in [5.74, 6) is 0.291. The predicted octanol–water partition coefficient (Wildman–Crippen LogP) is 2.81. The van der Waals surface area contributed by atoms with E-state index in [4.69, 9.17) is 28.9 Å². The van der Waals surface area contributed by atoms with Gasteiger partial charge in [0.15, 0.2) is 0 Å². The van der Waals surface area contributed by atoms with E-state index >= 15 is 0 Å². The van der Waals surface area contributed by atoms with Crippen LogP contribution < -0.4 is 11.1 Å². The molecule has 17 heavy (non-hydrogen) atoms. The van der Waals surface area contributed by atoms with Crippen LogP contribution in [0.5, 0.6) is 0 Å². The summed E-state index contributed by atoms with van der Waals surface area (Å²) in [7, 11) is 0. The van der Waals surface area contributed by atoms with Gasteiger partial charge in [0.1, 0.15) is 0 Å². The zero-order valence-corrected chi connectivity index (χ0v) is 10.4. The Labute approximate surface area is 108 Å². The van der Waals surface area contributed by atoms with Gasteiger partial charge < -0.3 is 11.1 Å². The minimum Gasteiger partial charge on any atom is -0.399 e. The molecule has 0 aliphatic carbocycles. The van der Waals surface area contributed by atoms with Crippen LogP contribution in [-0.4, -0.2) is 15.0 Å². The quantitative estimate of drug-likeness (QED) is 0.820. The van der Waals surface area contributed by atoms with Gasteiger partial charge >= 0.3 is 0 Å². The van der Waals surface area contributed by atoms with E-state index < -0.39 is 0 Å². The average molecular weight is 270 g/mol. The normalized spacial score (nSPS) is 10.3. The molecule has 0 unspecified atom stereocenters. The Balaban J connectivity index is 2.28. The highest BCUT2D eigenvalue weighted by molar-refractivity contribution is 6.31. The number of benzene rings is 1. The molecular formula is C10H9Cl2N5. The number of nitrogens with zero attached hydrogens (tertiary/aromatic N) is 3. The molecular weight excluding hydrogens is 261 g/mol. The number of rotatable bonds is 2. The van der Waals surface area contributed by atoms with Crippen molar-refractivity contribution in [2.24, 2.45) is 0 Å². The second-order valence-corrected chi connectivity index (χ2v) is 4.07. The summed E-state index contributed by atoms with van der Waals surface area (Å²) >= 11 is 11.3. The van der Waals surface area contributed by atoms with Crippen molar-refractivity contribution in [3.8, 4) is 0 Å². The molecule has 88 valence electrons. The smallest absolute Gasteiger partial charge is 0.232 e. The lowest BCUT2D eigenvalue weighted by atomic mass is 10.2. The van der Waals surface area contributed by atoms with Gasteiger partial charge in [0, 0.05) is 11.4 Å². The maximum atomic E-state index is 5.72. The summed E-state index contributed by atoms with van der Waals surface area (Å²) < 4.78 is 0. The highest BCUT2D eigenvalue weighted by Gasteiger charge is 2.04. The molecule has 0 aliphatic rings. The van der Waals surface area contributed by atoms with Crippen LogP contribution in [0.4, 0.5) is 17.3 Å². The fourth-order valence-electron chi connectivity index (χ4n) is 1.26. The topological polar surface area (TPSA) is 76.7 Å². The summed E-state index contributed by atoms with van der Waals surface area (Å²) in [5.41, 5.74) is 8.20. The number of nitrogens with one attached hydrogen (secondary N) is 1. The van der Waals surface area contributed by atoms with Crippen LogP contribution >= 0.6 is 23.2 Å². The lowest BCUT2D eigenvalue weighted by Crippen LogP contribution is -2.00. The first-order chi connectivity index (χ1) is 8.04. The molecule has 0 amide bonds. The van der Waals surface area contributed by atoms with Crippen LogP contribution in [0.15, 0.2) is 18.2 Å². The Morgan fingerprint density at radius 1 is 1.12 bits per heavy atom. The van der Waals surface area contributed by atoms with E-state index in [1.165, 1.54) is 0 Å². The van der Waals surface area contributed by atoms with Gasteiger partial charge in [-0.15, -0.1) is 0 Å². The molecule has 1 aromatic carbocycles. The Hall–Kier alpha value is -1.59. The number of nitrogen functional groups attached to an aromatic ring is 1. The number of hydrogen-bond donors (Lipinski definition) is 2. The molecule has 5 nitrogen and oxygen atoms in total. The monoisotopic (exact) mass is 269 g/mol. The third-order valence-electron chi connectivity index (χ3n) is 2.11. The summed E-state index contributed by atoms with van der Waals surface area (Å²) in [6.45, 7) is 1.91. The molecule has 3 N–H and O–H groups in total. The van der Waals surface area contributed by atoms with Gasteiger partial charge in [0.05, 0.1) is 0 Å². The van der Waals surface area contributed by atoms with Crippen LogP contribution in [0.3, 0.4) is 0 Å². The third kappa shape index (κ3) is 2.95. The molecule has 0 radical (unpaired) electrons. The largest absolute Gasteiger partial charge is 0.399 e. The maximum Gasteiger partial charge on any atom is 0.232 e. The zero-order chi connectivity index (χ0) is 12.4. The van der Waals surface area contributed by atoms with Crippen molar-refractivity contribution < 1.29 is 0 Å². The van der Waals surface area contributed by atoms with Crippen molar-refractivity contribution in [2.75, 3.05) is 11.1 Å². The minimum absolute atomic E-state index is 0.0414. The number of hydrogen-bond acceptors (Lipinski definition) is 5. The van der Waals surface area contributed by atoms with Crippen molar-refractivity contribution >= 4 is 40.5 Å². The highest BCUT2D eigenvalue weighted by atomic mass is 35.5. The molecule has 0 fully saturated rings. The van der Waals surface area contributed by atoms with E-state index in [2.05, 4.69) is 20.3 Å². The van der Waals surface area contributed by atoms with Gasteiger partial charge in [-0.3, -0.25) is 0 Å². The summed E-state index contributed by atoms with van der Waals surface area (Å²) in [4.78, 5) is 11.5. The van der Waals surface area contributed by atoms with E-state index in [9.17, 15) is 0 Å². The van der Waals surface area contributed by atoms with Gasteiger partial charge in [-0.25, -0.2) is 0 Å². The van der Waals surface area contributed by atoms with E-state index in [0.717, 1.165) is 16.9 Å². The van der Waals surface area contributed by atoms with Crippen molar-refractivity contribution in [3.05, 3.63) is 34.3 Å². The number of halogens is 2. The molecule has 0 aliphatic heterocycles. The molecule has 0 saturated carbocycles. The van der Waals surface area contributed by atoms with Gasteiger partial charge in [-0.05, 0) is 53.9 Å². The second-order valence-electron chi connectivity index (χ2n) is 3.39. The third-order valence-corrected chi connectivity index (χ3v) is 2.44. The minimum atomic E-state index is 0.0414. The van der Waals surface area contributed by atoms with E-state index in [0.29, 0.717) is 5.95 Å². The summed E-state index contributed by atoms with van der Waals surface area (Å²) in [6, 6.07) is 5.48. The van der Waals surface area contributed by atoms with Crippen molar-refractivity contribution in [1.82, 2.24) is 15.0 Å². The lowest BCUT2D eigenvalue weighted by Gasteiger charge is -2.07. The Bertz CT molecular complexity index is 538. The van der Waals surface area contributed by atoms with Crippen LogP contribution in [0.1, 0.15) is 5.56 Å². The molecule has 0 spiro atoms. The van der Waals surface area contributed by atoms with E-state index in [1.54, 1.807) is 6.07 Å². The van der Waals surface area contributed by atoms with Crippen molar-refractivity contribution in [1.29, 1.82) is 0 Å². The number of aryl methyl sites for hydroxylation is 1. The van der Waals surface area contributed by atoms with Gasteiger partial charge in [0.25, 0.3) is 0 Å². The molecule has 0 saturated heterocycles. The average Bonchev–Trinajstić information content (AvgIpc) is 2.22. The molecule has 7 heteroatoms. The van der Waals surface area contributed by atoms with E-state index in [1.807, 2.05) is 19.1 Å². The molecule has 1 aromatic heterocycles. The fourth-order valence-corrected chi connectivity index (χ4v) is 1.63. The standard InChI is InChI=1S/C10H9Cl2N5/c1-5-4-6(2-3-7(5)13)14-10-16-8(11)15-9(12)17-10/h2-4H,13H2,1H3,(H,14,15,16,17). The van der Waals surface area contributed by atoms with E-state index in [-0.39, 0.29) is 10.6 Å². The summed E-state index contributed by atoms with van der Waals surface area (Å²) in [6.07, 6.45) is 0. The Kier molecular flexibility index (Phi) is 3.31. The first kappa shape index (κ1) is 11.9. The number of nitrogens with two attached hydrogens (primary N) is 1. The van der Waals surface area contributed by atoms with Crippen LogP contribution in [-0.2, 0) is 0 Å². The Morgan fingerprint density at radius 3 is 2.35 bits per heavy atom. The van der Waals surface area contributed by atoms with Crippen molar-refractivity contribution in [2.45, 2.75) is 6.92 Å². The predicted molar refractivity (Wildman–Crippen MR) is 68.7 cm³/mol. The lowest BCUT2D eigenvalue weighted by molar-refractivity contribution is 1.05. The van der Waals surface area contributed by atoms with Crippen LogP contribution in [0, 0.1) is 6.92 Å². The molecule has 2 aromatic rings.